The molecule has 0 atom stereocenters. The maximum absolute atomic E-state index is 12.6. The molecule has 3 heterocycles. The van der Waals surface area contributed by atoms with Gasteiger partial charge < -0.3 is 9.30 Å². The molecule has 0 N–H and O–H groups in total. The zero-order valence-corrected chi connectivity index (χ0v) is 14.4. The van der Waals surface area contributed by atoms with Crippen molar-refractivity contribution >= 4 is 11.6 Å². The summed E-state index contributed by atoms with van der Waals surface area (Å²) < 4.78 is 2.13. The fraction of sp³-hybridized carbons (Fsp3) is 0.300. The highest BCUT2D eigenvalue weighted by molar-refractivity contribution is 5.94. The van der Waals surface area contributed by atoms with Gasteiger partial charge >= 0.3 is 0 Å². The van der Waals surface area contributed by atoms with Crippen molar-refractivity contribution in [3.8, 4) is 0 Å². The minimum atomic E-state index is 0.134. The molecule has 1 aliphatic heterocycles. The van der Waals surface area contributed by atoms with Crippen LogP contribution in [0.4, 0.5) is 0 Å². The molecule has 5 heteroatoms. The minimum absolute atomic E-state index is 0.134. The van der Waals surface area contributed by atoms with Crippen molar-refractivity contribution in [1.29, 1.82) is 0 Å². The van der Waals surface area contributed by atoms with E-state index in [1.54, 1.807) is 0 Å². The summed E-state index contributed by atoms with van der Waals surface area (Å²) in [5, 5.41) is 0. The number of imidazole rings is 1. The van der Waals surface area contributed by atoms with E-state index in [0.717, 1.165) is 43.9 Å². The molecule has 1 aromatic carbocycles. The summed E-state index contributed by atoms with van der Waals surface area (Å²) in [7, 11) is 0. The number of hydrogen-bond donors (Lipinski definition) is 0. The third-order valence-electron chi connectivity index (χ3n) is 4.84. The Morgan fingerprint density at radius 2 is 1.80 bits per heavy atom. The summed E-state index contributed by atoms with van der Waals surface area (Å²) in [6, 6.07) is 13.9. The van der Waals surface area contributed by atoms with Gasteiger partial charge in [0, 0.05) is 44.5 Å². The fourth-order valence-electron chi connectivity index (χ4n) is 3.32. The summed E-state index contributed by atoms with van der Waals surface area (Å²) in [5.41, 5.74) is 4.12. The molecule has 0 radical (unpaired) electrons. The minimum Gasteiger partial charge on any atom is -0.336 e. The molecular weight excluding hydrogens is 312 g/mol. The number of carbonyl (C=O) groups is 1. The molecule has 0 bridgehead atoms. The van der Waals surface area contributed by atoms with Crippen molar-refractivity contribution in [2.24, 2.45) is 0 Å². The van der Waals surface area contributed by atoms with E-state index < -0.39 is 0 Å². The molecule has 25 heavy (non-hydrogen) atoms. The molecule has 128 valence electrons. The van der Waals surface area contributed by atoms with Crippen LogP contribution in [0.25, 0.3) is 5.65 Å². The number of aromatic nitrogens is 2. The van der Waals surface area contributed by atoms with Crippen LogP contribution in [0.1, 0.15) is 21.6 Å². The van der Waals surface area contributed by atoms with Crippen molar-refractivity contribution in [3.63, 3.8) is 0 Å². The number of benzene rings is 1. The van der Waals surface area contributed by atoms with E-state index in [9.17, 15) is 4.79 Å². The highest BCUT2D eigenvalue weighted by Crippen LogP contribution is 2.13. The first-order chi connectivity index (χ1) is 12.2. The van der Waals surface area contributed by atoms with Crippen molar-refractivity contribution in [2.45, 2.75) is 13.5 Å². The van der Waals surface area contributed by atoms with E-state index in [-0.39, 0.29) is 5.91 Å². The van der Waals surface area contributed by atoms with Crippen LogP contribution in [0, 0.1) is 6.92 Å². The van der Waals surface area contributed by atoms with Gasteiger partial charge in [0.15, 0.2) is 0 Å². The summed E-state index contributed by atoms with van der Waals surface area (Å²) >= 11 is 0. The van der Waals surface area contributed by atoms with Gasteiger partial charge in [0.2, 0.25) is 0 Å². The number of piperazine rings is 1. The number of rotatable bonds is 3. The van der Waals surface area contributed by atoms with Crippen molar-refractivity contribution < 1.29 is 4.79 Å². The summed E-state index contributed by atoms with van der Waals surface area (Å²) in [6.45, 7) is 6.20. The van der Waals surface area contributed by atoms with Crippen LogP contribution in [0.5, 0.6) is 0 Å². The second-order valence-corrected chi connectivity index (χ2v) is 6.61. The van der Waals surface area contributed by atoms with Crippen LogP contribution in [0.3, 0.4) is 0 Å². The van der Waals surface area contributed by atoms with Gasteiger partial charge in [-0.2, -0.15) is 0 Å². The van der Waals surface area contributed by atoms with Gasteiger partial charge in [-0.1, -0.05) is 23.8 Å². The molecule has 1 fully saturated rings. The van der Waals surface area contributed by atoms with E-state index in [1.165, 1.54) is 11.3 Å². The Morgan fingerprint density at radius 1 is 1.04 bits per heavy atom. The molecule has 1 saturated heterocycles. The first kappa shape index (κ1) is 15.8. The SMILES string of the molecule is Cc1ccc(C(=O)N2CCN(Cc3cnc4ccccn34)CC2)cc1. The molecule has 0 unspecified atom stereocenters. The van der Waals surface area contributed by atoms with Gasteiger partial charge in [-0.3, -0.25) is 9.69 Å². The fourth-order valence-corrected chi connectivity index (χ4v) is 3.32. The largest absolute Gasteiger partial charge is 0.336 e. The highest BCUT2D eigenvalue weighted by Gasteiger charge is 2.22. The Balaban J connectivity index is 1.38. The van der Waals surface area contributed by atoms with Gasteiger partial charge in [0.1, 0.15) is 5.65 Å². The zero-order valence-electron chi connectivity index (χ0n) is 14.4. The number of fused-ring (bicyclic) bond motifs is 1. The van der Waals surface area contributed by atoms with Crippen LogP contribution < -0.4 is 0 Å². The summed E-state index contributed by atoms with van der Waals surface area (Å²) in [6.07, 6.45) is 3.99. The van der Waals surface area contributed by atoms with Crippen LogP contribution in [-0.4, -0.2) is 51.3 Å². The van der Waals surface area contributed by atoms with Gasteiger partial charge in [-0.25, -0.2) is 4.98 Å². The molecule has 5 nitrogen and oxygen atoms in total. The van der Waals surface area contributed by atoms with Crippen molar-refractivity contribution in [3.05, 3.63) is 71.7 Å². The Morgan fingerprint density at radius 3 is 2.56 bits per heavy atom. The topological polar surface area (TPSA) is 40.9 Å². The van der Waals surface area contributed by atoms with E-state index in [0.29, 0.717) is 0 Å². The maximum atomic E-state index is 12.6. The van der Waals surface area contributed by atoms with Gasteiger partial charge in [-0.05, 0) is 31.2 Å². The lowest BCUT2D eigenvalue weighted by Crippen LogP contribution is -2.48. The first-order valence-electron chi connectivity index (χ1n) is 8.70. The maximum Gasteiger partial charge on any atom is 0.253 e. The molecule has 1 aliphatic rings. The number of nitrogens with zero attached hydrogens (tertiary/aromatic N) is 4. The lowest BCUT2D eigenvalue weighted by Gasteiger charge is -2.34. The van der Waals surface area contributed by atoms with Crippen LogP contribution in [0.2, 0.25) is 0 Å². The number of aryl methyl sites for hydroxylation is 1. The normalized spacial score (nSPS) is 15.6. The van der Waals surface area contributed by atoms with Crippen molar-refractivity contribution in [2.75, 3.05) is 26.2 Å². The lowest BCUT2D eigenvalue weighted by molar-refractivity contribution is 0.0626. The molecule has 0 aliphatic carbocycles. The Labute approximate surface area is 147 Å². The Hall–Kier alpha value is -2.66. The van der Waals surface area contributed by atoms with Gasteiger partial charge in [0.25, 0.3) is 5.91 Å². The number of carbonyl (C=O) groups excluding carboxylic acids is 1. The van der Waals surface area contributed by atoms with Crippen LogP contribution >= 0.6 is 0 Å². The van der Waals surface area contributed by atoms with E-state index in [1.807, 2.05) is 60.5 Å². The second-order valence-electron chi connectivity index (χ2n) is 6.61. The molecule has 1 amide bonds. The van der Waals surface area contributed by atoms with E-state index >= 15 is 0 Å². The highest BCUT2D eigenvalue weighted by atomic mass is 16.2. The first-order valence-corrected chi connectivity index (χ1v) is 8.70. The molecule has 4 rings (SSSR count). The third kappa shape index (κ3) is 3.28. The Bertz CT molecular complexity index is 876. The predicted octanol–water partition coefficient (Wildman–Crippen LogP) is 2.60. The summed E-state index contributed by atoms with van der Waals surface area (Å²) in [5.74, 6) is 0.134. The van der Waals surface area contributed by atoms with Crippen LogP contribution in [-0.2, 0) is 6.54 Å². The van der Waals surface area contributed by atoms with E-state index in [2.05, 4.69) is 20.5 Å². The third-order valence-corrected chi connectivity index (χ3v) is 4.84. The summed E-state index contributed by atoms with van der Waals surface area (Å²) in [4.78, 5) is 21.4. The monoisotopic (exact) mass is 334 g/mol. The number of hydrogen-bond acceptors (Lipinski definition) is 3. The standard InChI is InChI=1S/C20H22N4O/c1-16-5-7-17(8-6-16)20(25)23-12-10-22(11-13-23)15-18-14-21-19-4-2-3-9-24(18)19/h2-9,14H,10-13,15H2,1H3. The molecule has 2 aromatic heterocycles. The number of pyridine rings is 1. The zero-order chi connectivity index (χ0) is 17.2. The van der Waals surface area contributed by atoms with Gasteiger partial charge in [-0.15, -0.1) is 0 Å². The molecule has 0 saturated carbocycles. The molecular formula is C20H22N4O. The average Bonchev–Trinajstić information content (AvgIpc) is 3.06. The molecule has 3 aromatic rings. The predicted molar refractivity (Wildman–Crippen MR) is 97.6 cm³/mol. The van der Waals surface area contributed by atoms with Crippen molar-refractivity contribution in [1.82, 2.24) is 19.2 Å². The Kier molecular flexibility index (Phi) is 4.24. The number of amides is 1. The lowest BCUT2D eigenvalue weighted by atomic mass is 10.1. The smallest absolute Gasteiger partial charge is 0.253 e. The van der Waals surface area contributed by atoms with E-state index in [4.69, 9.17) is 0 Å². The van der Waals surface area contributed by atoms with Crippen LogP contribution in [0.15, 0.2) is 54.9 Å². The quantitative estimate of drug-likeness (QED) is 0.739. The second kappa shape index (κ2) is 6.69. The molecule has 0 spiro atoms. The van der Waals surface area contributed by atoms with Gasteiger partial charge in [0.05, 0.1) is 11.9 Å². The average molecular weight is 334 g/mol.